The van der Waals surface area contributed by atoms with Crippen molar-refractivity contribution in [3.05, 3.63) is 45.2 Å². The minimum Gasteiger partial charge on any atom is -0.302 e. The van der Waals surface area contributed by atoms with Gasteiger partial charge < -0.3 is 4.79 Å². The number of aldehydes is 1. The molecule has 2 fully saturated rings. The summed E-state index contributed by atoms with van der Waals surface area (Å²) in [7, 11) is 0. The summed E-state index contributed by atoms with van der Waals surface area (Å²) in [6.45, 7) is 0. The number of rotatable bonds is 9. The lowest BCUT2D eigenvalue weighted by Gasteiger charge is -2.25. The summed E-state index contributed by atoms with van der Waals surface area (Å²) < 4.78 is 0. The Morgan fingerprint density at radius 2 is 2.00 bits per heavy atom. The third-order valence-electron chi connectivity index (χ3n) is 6.90. The predicted molar refractivity (Wildman–Crippen MR) is 129 cm³/mol. The molecule has 0 aromatic carbocycles. The van der Waals surface area contributed by atoms with E-state index in [2.05, 4.69) is 10.6 Å². The summed E-state index contributed by atoms with van der Waals surface area (Å²) in [6, 6.07) is -1.00. The Morgan fingerprint density at radius 1 is 1.21 bits per heavy atom. The average Bonchev–Trinajstić information content (AvgIpc) is 3.44. The maximum absolute atomic E-state index is 13.0. The fraction of sp³-hybridized carbons (Fsp3) is 0.609. The van der Waals surface area contributed by atoms with E-state index < -0.39 is 17.3 Å². The van der Waals surface area contributed by atoms with Crippen molar-refractivity contribution in [1.29, 1.82) is 0 Å². The number of thioether (sulfide) groups is 2. The standard InChI is InChI=1S/C23H29N3O5S2/c27-11-18-22(32-12-24-18)21(29)20-23(33-13-25-20)19(28)6-1-3-14-7-8-16-10-17(26(30)31)5-2-4-15(16)9-14/h2,4-5,11,14,18,20,22-25H,1,3,6-10,12-13H2/t14?,18-,20-,22?,23?/m1/s1. The van der Waals surface area contributed by atoms with Crippen molar-refractivity contribution in [2.24, 2.45) is 5.92 Å². The molecule has 0 bridgehead atoms. The number of carbonyl (C=O) groups is 3. The topological polar surface area (TPSA) is 118 Å². The Hall–Kier alpha value is -1.75. The Labute approximate surface area is 201 Å². The van der Waals surface area contributed by atoms with Gasteiger partial charge in [0.05, 0.1) is 33.9 Å². The first-order valence-electron chi connectivity index (χ1n) is 11.4. The number of Topliss-reactive ketones (excluding diaryl/α,β-unsaturated/α-hetero) is 2. The van der Waals surface area contributed by atoms with E-state index in [1.54, 1.807) is 12.2 Å². The molecular weight excluding hydrogens is 462 g/mol. The Morgan fingerprint density at radius 3 is 2.79 bits per heavy atom. The van der Waals surface area contributed by atoms with E-state index >= 15 is 0 Å². The molecule has 0 aromatic heterocycles. The second-order valence-corrected chi connectivity index (χ2v) is 11.2. The maximum atomic E-state index is 13.0. The van der Waals surface area contributed by atoms with E-state index in [1.165, 1.54) is 34.7 Å². The molecule has 0 saturated carbocycles. The maximum Gasteiger partial charge on any atom is 0.250 e. The lowest BCUT2D eigenvalue weighted by Crippen LogP contribution is -2.49. The number of allylic oxidation sites excluding steroid dienone is 5. The van der Waals surface area contributed by atoms with Crippen molar-refractivity contribution >= 4 is 41.4 Å². The first-order chi connectivity index (χ1) is 16.0. The van der Waals surface area contributed by atoms with Gasteiger partial charge >= 0.3 is 0 Å². The Balaban J connectivity index is 1.26. The van der Waals surface area contributed by atoms with E-state index in [0.717, 1.165) is 38.4 Å². The van der Waals surface area contributed by atoms with Crippen LogP contribution in [-0.2, 0) is 14.4 Å². The van der Waals surface area contributed by atoms with Gasteiger partial charge in [-0.1, -0.05) is 17.7 Å². The van der Waals surface area contributed by atoms with E-state index in [0.29, 0.717) is 30.5 Å². The molecule has 4 rings (SSSR count). The van der Waals surface area contributed by atoms with Crippen LogP contribution in [0.4, 0.5) is 0 Å². The third kappa shape index (κ3) is 5.67. The van der Waals surface area contributed by atoms with Crippen LogP contribution in [-0.4, -0.2) is 57.1 Å². The van der Waals surface area contributed by atoms with Crippen LogP contribution in [0.3, 0.4) is 0 Å². The summed E-state index contributed by atoms with van der Waals surface area (Å²) in [6.07, 6.45) is 11.5. The van der Waals surface area contributed by atoms with Gasteiger partial charge in [0, 0.05) is 24.3 Å². The monoisotopic (exact) mass is 491 g/mol. The Kier molecular flexibility index (Phi) is 8.21. The van der Waals surface area contributed by atoms with Crippen molar-refractivity contribution in [3.63, 3.8) is 0 Å². The van der Waals surface area contributed by atoms with Gasteiger partial charge in [0.25, 0.3) is 0 Å². The summed E-state index contributed by atoms with van der Waals surface area (Å²) in [4.78, 5) is 48.0. The van der Waals surface area contributed by atoms with Crippen LogP contribution in [0.15, 0.2) is 35.1 Å². The molecule has 8 nitrogen and oxygen atoms in total. The summed E-state index contributed by atoms with van der Waals surface area (Å²) in [5.41, 5.74) is 2.62. The zero-order valence-electron chi connectivity index (χ0n) is 18.4. The molecule has 2 aliphatic carbocycles. The average molecular weight is 492 g/mol. The summed E-state index contributed by atoms with van der Waals surface area (Å²) >= 11 is 2.91. The van der Waals surface area contributed by atoms with E-state index in [1.807, 2.05) is 6.08 Å². The van der Waals surface area contributed by atoms with Gasteiger partial charge in [-0.25, -0.2) is 0 Å². The zero-order valence-corrected chi connectivity index (χ0v) is 20.0. The first kappa shape index (κ1) is 24.4. The molecule has 0 amide bonds. The number of nitro groups is 1. The van der Waals surface area contributed by atoms with Crippen molar-refractivity contribution < 1.29 is 19.3 Å². The quantitative estimate of drug-likeness (QED) is 0.285. The lowest BCUT2D eigenvalue weighted by atomic mass is 9.80. The number of hydrogen-bond donors (Lipinski definition) is 2. The molecule has 2 saturated heterocycles. The fourth-order valence-corrected chi connectivity index (χ4v) is 7.40. The second kappa shape index (κ2) is 11.1. The SMILES string of the molecule is O=C[C@H]1NCSC1C(=O)[C@H]1NCSC1C(=O)CCCC1CCC2=C(C=CC=C([N+](=O)[O-])C2)C1. The van der Waals surface area contributed by atoms with Crippen LogP contribution >= 0.6 is 23.5 Å². The van der Waals surface area contributed by atoms with Crippen LogP contribution in [0.5, 0.6) is 0 Å². The van der Waals surface area contributed by atoms with Crippen molar-refractivity contribution in [2.45, 2.75) is 67.5 Å². The molecule has 2 N–H and O–H groups in total. The minimum absolute atomic E-state index is 0.0555. The molecule has 2 heterocycles. The predicted octanol–water partition coefficient (Wildman–Crippen LogP) is 2.77. The van der Waals surface area contributed by atoms with Gasteiger partial charge in [-0.3, -0.25) is 30.3 Å². The van der Waals surface area contributed by atoms with Gasteiger partial charge in [-0.05, 0) is 43.6 Å². The van der Waals surface area contributed by atoms with Crippen molar-refractivity contribution in [1.82, 2.24) is 10.6 Å². The van der Waals surface area contributed by atoms with Crippen LogP contribution < -0.4 is 10.6 Å². The normalized spacial score (nSPS) is 31.6. The fourth-order valence-electron chi connectivity index (χ4n) is 5.08. The molecule has 4 aliphatic rings. The van der Waals surface area contributed by atoms with Gasteiger partial charge in [-0.2, -0.15) is 0 Å². The zero-order chi connectivity index (χ0) is 23.4. The van der Waals surface area contributed by atoms with Gasteiger partial charge in [0.2, 0.25) is 5.70 Å². The number of hydrogen-bond acceptors (Lipinski definition) is 9. The van der Waals surface area contributed by atoms with Crippen LogP contribution in [0.1, 0.15) is 44.9 Å². The summed E-state index contributed by atoms with van der Waals surface area (Å²) in [5, 5.41) is 16.5. The molecule has 33 heavy (non-hydrogen) atoms. The van der Waals surface area contributed by atoms with E-state index in [4.69, 9.17) is 0 Å². The largest absolute Gasteiger partial charge is 0.302 e. The lowest BCUT2D eigenvalue weighted by molar-refractivity contribution is -0.427. The van der Waals surface area contributed by atoms with Crippen LogP contribution in [0, 0.1) is 16.0 Å². The summed E-state index contributed by atoms with van der Waals surface area (Å²) in [5.74, 6) is 1.65. The number of ketones is 2. The highest BCUT2D eigenvalue weighted by atomic mass is 32.2. The molecule has 10 heteroatoms. The van der Waals surface area contributed by atoms with Gasteiger partial charge in [0.1, 0.15) is 12.1 Å². The van der Waals surface area contributed by atoms with Crippen molar-refractivity contribution in [3.8, 4) is 0 Å². The van der Waals surface area contributed by atoms with E-state index in [9.17, 15) is 24.5 Å². The van der Waals surface area contributed by atoms with E-state index in [-0.39, 0.29) is 27.4 Å². The molecule has 0 spiro atoms. The molecule has 0 radical (unpaired) electrons. The molecule has 5 atom stereocenters. The molecule has 0 aromatic rings. The van der Waals surface area contributed by atoms with Crippen LogP contribution in [0.2, 0.25) is 0 Å². The van der Waals surface area contributed by atoms with Gasteiger partial charge in [-0.15, -0.1) is 23.5 Å². The number of nitrogens with zero attached hydrogens (tertiary/aromatic N) is 1. The highest BCUT2D eigenvalue weighted by molar-refractivity contribution is 8.01. The molecular formula is C23H29N3O5S2. The van der Waals surface area contributed by atoms with Crippen molar-refractivity contribution in [2.75, 3.05) is 11.8 Å². The highest BCUT2D eigenvalue weighted by Crippen LogP contribution is 2.37. The molecule has 178 valence electrons. The molecule has 3 unspecified atom stereocenters. The van der Waals surface area contributed by atoms with Crippen LogP contribution in [0.25, 0.3) is 0 Å². The smallest absolute Gasteiger partial charge is 0.250 e. The number of nitrogens with one attached hydrogen (secondary N) is 2. The second-order valence-electron chi connectivity index (χ2n) is 8.96. The highest BCUT2D eigenvalue weighted by Gasteiger charge is 2.44. The van der Waals surface area contributed by atoms with Gasteiger partial charge in [0.15, 0.2) is 5.78 Å². The Bertz CT molecular complexity index is 916. The number of carbonyl (C=O) groups excluding carboxylic acids is 3. The first-order valence-corrected chi connectivity index (χ1v) is 13.5. The molecule has 2 aliphatic heterocycles. The minimum atomic E-state index is -0.524. The third-order valence-corrected chi connectivity index (χ3v) is 9.34.